The second-order valence-electron chi connectivity index (χ2n) is 5.37. The Kier molecular flexibility index (Phi) is 7.09. The molecule has 102 valence electrons. The molecule has 0 aromatic heterocycles. The van der Waals surface area contributed by atoms with E-state index in [1.807, 2.05) is 0 Å². The molecule has 0 spiro atoms. The maximum Gasteiger partial charge on any atom is 0.0462 e. The molecule has 0 saturated carbocycles. The number of rotatable bonds is 7. The summed E-state index contributed by atoms with van der Waals surface area (Å²) >= 11 is 0. The zero-order chi connectivity index (χ0) is 12.7. The molecule has 1 fully saturated rings. The van der Waals surface area contributed by atoms with Crippen LogP contribution in [0.4, 0.5) is 0 Å². The summed E-state index contributed by atoms with van der Waals surface area (Å²) in [5.41, 5.74) is 0. The van der Waals surface area contributed by atoms with Gasteiger partial charge in [-0.25, -0.2) is 0 Å². The van der Waals surface area contributed by atoms with Crippen molar-refractivity contribution in [3.05, 3.63) is 0 Å². The Balaban J connectivity index is 2.21. The largest absolute Gasteiger partial charge is 0.385 e. The highest BCUT2D eigenvalue weighted by molar-refractivity contribution is 4.87. The first-order valence-electron chi connectivity index (χ1n) is 7.11. The third-order valence-electron chi connectivity index (χ3n) is 4.36. The number of likely N-dealkylation sites (tertiary alicyclic amines) is 1. The molecule has 3 heteroatoms. The van der Waals surface area contributed by atoms with E-state index in [0.29, 0.717) is 12.1 Å². The molecular formula is C14H30N2O. The average molecular weight is 242 g/mol. The van der Waals surface area contributed by atoms with Crippen LogP contribution in [0.2, 0.25) is 0 Å². The van der Waals surface area contributed by atoms with Gasteiger partial charge in [-0.2, -0.15) is 0 Å². The number of piperidine rings is 1. The molecule has 0 aliphatic carbocycles. The smallest absolute Gasteiger partial charge is 0.0462 e. The number of methoxy groups -OCH3 is 1. The molecule has 3 nitrogen and oxygen atoms in total. The van der Waals surface area contributed by atoms with Crippen molar-refractivity contribution in [1.82, 2.24) is 10.2 Å². The average Bonchev–Trinajstić information content (AvgIpc) is 2.34. The van der Waals surface area contributed by atoms with Crippen molar-refractivity contribution < 1.29 is 4.74 Å². The number of nitrogens with one attached hydrogen (secondary N) is 1. The van der Waals surface area contributed by atoms with Gasteiger partial charge in [-0.1, -0.05) is 6.92 Å². The van der Waals surface area contributed by atoms with E-state index >= 15 is 0 Å². The van der Waals surface area contributed by atoms with E-state index in [4.69, 9.17) is 4.74 Å². The van der Waals surface area contributed by atoms with Gasteiger partial charge >= 0.3 is 0 Å². The van der Waals surface area contributed by atoms with Crippen LogP contribution in [0, 0.1) is 5.92 Å². The predicted molar refractivity (Wildman–Crippen MR) is 73.4 cm³/mol. The Labute approximate surface area is 107 Å². The first kappa shape index (κ1) is 14.9. The Morgan fingerprint density at radius 3 is 2.65 bits per heavy atom. The van der Waals surface area contributed by atoms with Gasteiger partial charge in [0, 0.05) is 25.8 Å². The zero-order valence-corrected chi connectivity index (χ0v) is 12.0. The quantitative estimate of drug-likeness (QED) is 0.692. The van der Waals surface area contributed by atoms with Crippen molar-refractivity contribution in [2.24, 2.45) is 5.92 Å². The Hall–Kier alpha value is -0.120. The van der Waals surface area contributed by atoms with Crippen LogP contribution in [-0.4, -0.2) is 50.8 Å². The minimum atomic E-state index is 0.703. The Morgan fingerprint density at radius 1 is 1.24 bits per heavy atom. The molecule has 3 atom stereocenters. The monoisotopic (exact) mass is 242 g/mol. The van der Waals surface area contributed by atoms with Gasteiger partial charge in [0.1, 0.15) is 0 Å². The van der Waals surface area contributed by atoms with Gasteiger partial charge in [-0.15, -0.1) is 0 Å². The summed E-state index contributed by atoms with van der Waals surface area (Å²) in [6.07, 6.45) is 5.10. The van der Waals surface area contributed by atoms with Crippen LogP contribution >= 0.6 is 0 Å². The lowest BCUT2D eigenvalue weighted by Gasteiger charge is -2.42. The van der Waals surface area contributed by atoms with Crippen molar-refractivity contribution in [3.8, 4) is 0 Å². The molecule has 1 heterocycles. The number of hydrogen-bond acceptors (Lipinski definition) is 3. The third kappa shape index (κ3) is 4.57. The van der Waals surface area contributed by atoms with Crippen LogP contribution in [-0.2, 0) is 4.74 Å². The molecule has 1 N–H and O–H groups in total. The highest BCUT2D eigenvalue weighted by Crippen LogP contribution is 2.23. The van der Waals surface area contributed by atoms with E-state index in [-0.39, 0.29) is 0 Å². The van der Waals surface area contributed by atoms with Gasteiger partial charge in [-0.05, 0) is 58.7 Å². The Bertz CT molecular complexity index is 199. The topological polar surface area (TPSA) is 24.5 Å². The van der Waals surface area contributed by atoms with Crippen molar-refractivity contribution in [2.45, 2.75) is 51.6 Å². The molecule has 0 amide bonds. The van der Waals surface area contributed by atoms with Crippen molar-refractivity contribution in [1.29, 1.82) is 0 Å². The molecule has 17 heavy (non-hydrogen) atoms. The predicted octanol–water partition coefficient (Wildman–Crippen LogP) is 2.12. The summed E-state index contributed by atoms with van der Waals surface area (Å²) in [5.74, 6) is 0.757. The SMILES string of the molecule is CNC1CCN(CCCCCOC)C(C)C1C. The maximum absolute atomic E-state index is 5.08. The molecule has 1 aliphatic rings. The standard InChI is InChI=1S/C14H30N2O/c1-12-13(2)16(10-8-14(12)15-3)9-6-5-7-11-17-4/h12-15H,5-11H2,1-4H3. The van der Waals surface area contributed by atoms with E-state index in [9.17, 15) is 0 Å². The summed E-state index contributed by atoms with van der Waals surface area (Å²) in [6.45, 7) is 8.17. The zero-order valence-electron chi connectivity index (χ0n) is 12.0. The first-order valence-corrected chi connectivity index (χ1v) is 7.11. The van der Waals surface area contributed by atoms with Crippen LogP contribution in [0.5, 0.6) is 0 Å². The minimum absolute atomic E-state index is 0.703. The third-order valence-corrected chi connectivity index (χ3v) is 4.36. The van der Waals surface area contributed by atoms with Gasteiger partial charge < -0.3 is 15.0 Å². The van der Waals surface area contributed by atoms with Crippen LogP contribution in [0.15, 0.2) is 0 Å². The van der Waals surface area contributed by atoms with Crippen molar-refractivity contribution >= 4 is 0 Å². The minimum Gasteiger partial charge on any atom is -0.385 e. The summed E-state index contributed by atoms with van der Waals surface area (Å²) in [7, 11) is 3.88. The number of nitrogens with zero attached hydrogens (tertiary/aromatic N) is 1. The van der Waals surface area contributed by atoms with Gasteiger partial charge in [0.25, 0.3) is 0 Å². The summed E-state index contributed by atoms with van der Waals surface area (Å²) in [5, 5.41) is 3.45. The molecule has 1 aliphatic heterocycles. The van der Waals surface area contributed by atoms with Gasteiger partial charge in [0.05, 0.1) is 0 Å². The molecule has 0 bridgehead atoms. The van der Waals surface area contributed by atoms with E-state index < -0.39 is 0 Å². The number of ether oxygens (including phenoxy) is 1. The highest BCUT2D eigenvalue weighted by atomic mass is 16.5. The van der Waals surface area contributed by atoms with Gasteiger partial charge in [0.15, 0.2) is 0 Å². The van der Waals surface area contributed by atoms with E-state index in [0.717, 1.165) is 12.5 Å². The second kappa shape index (κ2) is 8.06. The van der Waals surface area contributed by atoms with Crippen LogP contribution in [0.3, 0.4) is 0 Å². The van der Waals surface area contributed by atoms with Gasteiger partial charge in [0.2, 0.25) is 0 Å². The normalized spacial score (nSPS) is 30.7. The first-order chi connectivity index (χ1) is 8.20. The fourth-order valence-electron chi connectivity index (χ4n) is 2.90. The fourth-order valence-corrected chi connectivity index (χ4v) is 2.90. The number of unbranched alkanes of at least 4 members (excludes halogenated alkanes) is 2. The summed E-state index contributed by atoms with van der Waals surface area (Å²) in [4.78, 5) is 2.66. The highest BCUT2D eigenvalue weighted by Gasteiger charge is 2.30. The molecule has 0 radical (unpaired) electrons. The lowest BCUT2D eigenvalue weighted by Crippen LogP contribution is -2.52. The summed E-state index contributed by atoms with van der Waals surface area (Å²) < 4.78 is 5.08. The second-order valence-corrected chi connectivity index (χ2v) is 5.37. The Morgan fingerprint density at radius 2 is 2.00 bits per heavy atom. The lowest BCUT2D eigenvalue weighted by molar-refractivity contribution is 0.0851. The van der Waals surface area contributed by atoms with E-state index in [1.54, 1.807) is 7.11 Å². The van der Waals surface area contributed by atoms with Crippen LogP contribution in [0.25, 0.3) is 0 Å². The van der Waals surface area contributed by atoms with E-state index in [2.05, 4.69) is 31.1 Å². The molecule has 1 saturated heterocycles. The van der Waals surface area contributed by atoms with E-state index in [1.165, 1.54) is 38.8 Å². The van der Waals surface area contributed by atoms with Gasteiger partial charge in [-0.3, -0.25) is 0 Å². The number of hydrogen-bond donors (Lipinski definition) is 1. The maximum atomic E-state index is 5.08. The molecule has 1 rings (SSSR count). The molecule has 0 aromatic carbocycles. The summed E-state index contributed by atoms with van der Waals surface area (Å²) in [6, 6.07) is 1.42. The fraction of sp³-hybridized carbons (Fsp3) is 1.00. The van der Waals surface area contributed by atoms with Crippen molar-refractivity contribution in [3.63, 3.8) is 0 Å². The lowest BCUT2D eigenvalue weighted by atomic mass is 9.87. The molecule has 3 unspecified atom stereocenters. The van der Waals surface area contributed by atoms with Crippen LogP contribution < -0.4 is 5.32 Å². The molecular weight excluding hydrogens is 212 g/mol. The van der Waals surface area contributed by atoms with Crippen molar-refractivity contribution in [2.75, 3.05) is 33.9 Å². The molecule has 0 aromatic rings. The van der Waals surface area contributed by atoms with Crippen LogP contribution in [0.1, 0.15) is 39.5 Å².